The average molecular weight is 596 g/mol. The predicted octanol–water partition coefficient (Wildman–Crippen LogP) is 5.21. The molecular weight excluding hydrogens is 568 g/mol. The molecule has 0 fully saturated rings. The highest BCUT2D eigenvalue weighted by atomic mass is 79.9. The van der Waals surface area contributed by atoms with Crippen LogP contribution < -0.4 is 14.5 Å². The first-order chi connectivity index (χ1) is 18.2. The number of hydrazone groups is 1. The Kier molecular flexibility index (Phi) is 8.33. The highest BCUT2D eigenvalue weighted by Crippen LogP contribution is 2.27. The van der Waals surface area contributed by atoms with Crippen molar-refractivity contribution in [1.29, 1.82) is 0 Å². The second-order valence-corrected chi connectivity index (χ2v) is 11.1. The number of anilines is 1. The van der Waals surface area contributed by atoms with Crippen molar-refractivity contribution in [3.63, 3.8) is 0 Å². The van der Waals surface area contributed by atoms with Crippen LogP contribution in [-0.4, -0.2) is 38.8 Å². The van der Waals surface area contributed by atoms with Gasteiger partial charge in [0.15, 0.2) is 0 Å². The molecule has 0 aliphatic carbocycles. The molecule has 8 nitrogen and oxygen atoms in total. The lowest BCUT2D eigenvalue weighted by Crippen LogP contribution is -2.39. The van der Waals surface area contributed by atoms with Crippen LogP contribution in [0.3, 0.4) is 0 Å². The number of para-hydroxylation sites is 2. The van der Waals surface area contributed by atoms with Crippen LogP contribution in [0, 0.1) is 13.8 Å². The first-order valence-electron chi connectivity index (χ1n) is 11.7. The minimum Gasteiger partial charge on any atom is -0.497 e. The fraction of sp³-hybridized carbons (Fsp3) is 0.143. The van der Waals surface area contributed by atoms with E-state index in [4.69, 9.17) is 4.74 Å². The molecule has 1 N–H and O–H groups in total. The topological polar surface area (TPSA) is 93.0 Å². The second kappa shape index (κ2) is 11.7. The van der Waals surface area contributed by atoms with Crippen molar-refractivity contribution in [1.82, 2.24) is 9.99 Å². The molecule has 0 spiro atoms. The molecule has 0 saturated carbocycles. The number of aryl methyl sites for hydroxylation is 1. The molecule has 0 aliphatic rings. The molecule has 0 unspecified atom stereocenters. The van der Waals surface area contributed by atoms with Gasteiger partial charge >= 0.3 is 0 Å². The van der Waals surface area contributed by atoms with Gasteiger partial charge in [0.05, 0.1) is 29.6 Å². The third-order valence-electron chi connectivity index (χ3n) is 5.94. The summed E-state index contributed by atoms with van der Waals surface area (Å²) < 4.78 is 36.2. The van der Waals surface area contributed by atoms with Crippen LogP contribution in [0.4, 0.5) is 5.69 Å². The lowest BCUT2D eigenvalue weighted by atomic mass is 10.2. The first kappa shape index (κ1) is 27.2. The number of aromatic nitrogens is 1. The second-order valence-electron chi connectivity index (χ2n) is 8.43. The summed E-state index contributed by atoms with van der Waals surface area (Å²) in [7, 11) is -2.53. The number of hydrogen-bond donors (Lipinski definition) is 1. The van der Waals surface area contributed by atoms with E-state index in [0.29, 0.717) is 11.4 Å². The molecule has 4 rings (SSSR count). The van der Waals surface area contributed by atoms with Gasteiger partial charge in [0.25, 0.3) is 15.9 Å². The van der Waals surface area contributed by atoms with Crippen LogP contribution in [0.2, 0.25) is 0 Å². The molecule has 1 aromatic heterocycles. The van der Waals surface area contributed by atoms with Crippen LogP contribution >= 0.6 is 15.9 Å². The number of nitrogens with zero attached hydrogens (tertiary/aromatic N) is 3. The molecule has 0 radical (unpaired) electrons. The Morgan fingerprint density at radius 1 is 1.03 bits per heavy atom. The summed E-state index contributed by atoms with van der Waals surface area (Å²) >= 11 is 3.59. The summed E-state index contributed by atoms with van der Waals surface area (Å²) in [4.78, 5) is 12.9. The van der Waals surface area contributed by atoms with Gasteiger partial charge in [-0.1, -0.05) is 30.3 Å². The smallest absolute Gasteiger partial charge is 0.264 e. The minimum atomic E-state index is -4.04. The summed E-state index contributed by atoms with van der Waals surface area (Å²) in [6.45, 7) is 3.50. The summed E-state index contributed by atoms with van der Waals surface area (Å²) in [5, 5.41) is 4.11. The predicted molar refractivity (Wildman–Crippen MR) is 153 cm³/mol. The zero-order valence-corrected chi connectivity index (χ0v) is 23.5. The summed E-state index contributed by atoms with van der Waals surface area (Å²) in [5.41, 5.74) is 6.59. The van der Waals surface area contributed by atoms with Crippen molar-refractivity contribution in [2.45, 2.75) is 18.7 Å². The molecular formula is C28H27BrN4O4S. The highest BCUT2D eigenvalue weighted by molar-refractivity contribution is 9.10. The Labute approximate surface area is 230 Å². The number of benzene rings is 3. The highest BCUT2D eigenvalue weighted by Gasteiger charge is 2.27. The van der Waals surface area contributed by atoms with Crippen molar-refractivity contribution >= 4 is 43.8 Å². The fourth-order valence-electron chi connectivity index (χ4n) is 4.05. The SMILES string of the molecule is COc1ccc(S(=O)(=O)N(CC(=O)N/N=C\c2cc(C)n(-c3ccccc3Br)c2C)c2ccccc2)cc1. The number of nitrogens with one attached hydrogen (secondary N) is 1. The van der Waals surface area contributed by atoms with E-state index in [1.54, 1.807) is 48.7 Å². The Bertz CT molecular complexity index is 1570. The molecule has 0 bridgehead atoms. The van der Waals surface area contributed by atoms with E-state index in [0.717, 1.165) is 31.4 Å². The number of sulfonamides is 1. The van der Waals surface area contributed by atoms with Crippen LogP contribution in [0.15, 0.2) is 99.4 Å². The Morgan fingerprint density at radius 2 is 1.68 bits per heavy atom. The first-order valence-corrected chi connectivity index (χ1v) is 13.9. The van der Waals surface area contributed by atoms with Crippen LogP contribution in [0.25, 0.3) is 5.69 Å². The van der Waals surface area contributed by atoms with Gasteiger partial charge in [0.1, 0.15) is 12.3 Å². The van der Waals surface area contributed by atoms with Crippen molar-refractivity contribution in [2.75, 3.05) is 18.0 Å². The number of methoxy groups -OCH3 is 1. The van der Waals surface area contributed by atoms with Gasteiger partial charge in [0.2, 0.25) is 0 Å². The maximum Gasteiger partial charge on any atom is 0.264 e. The maximum absolute atomic E-state index is 13.5. The van der Waals surface area contributed by atoms with Crippen molar-refractivity contribution < 1.29 is 17.9 Å². The Hall–Kier alpha value is -3.89. The van der Waals surface area contributed by atoms with Gasteiger partial charge in [0, 0.05) is 21.4 Å². The van der Waals surface area contributed by atoms with Crippen LogP contribution in [-0.2, 0) is 14.8 Å². The Morgan fingerprint density at radius 3 is 2.34 bits per heavy atom. The average Bonchev–Trinajstić information content (AvgIpc) is 3.20. The van der Waals surface area contributed by atoms with Crippen LogP contribution in [0.5, 0.6) is 5.75 Å². The zero-order valence-electron chi connectivity index (χ0n) is 21.1. The van der Waals surface area contributed by atoms with Gasteiger partial charge in [-0.2, -0.15) is 5.10 Å². The van der Waals surface area contributed by atoms with Gasteiger partial charge in [-0.25, -0.2) is 13.8 Å². The minimum absolute atomic E-state index is 0.0398. The molecule has 0 atom stereocenters. The maximum atomic E-state index is 13.5. The lowest BCUT2D eigenvalue weighted by Gasteiger charge is -2.23. The van der Waals surface area contributed by atoms with Crippen molar-refractivity contribution in [3.8, 4) is 11.4 Å². The molecule has 1 amide bonds. The van der Waals surface area contributed by atoms with Crippen molar-refractivity contribution in [2.24, 2.45) is 5.10 Å². The van der Waals surface area contributed by atoms with E-state index in [-0.39, 0.29) is 4.90 Å². The molecule has 196 valence electrons. The van der Waals surface area contributed by atoms with E-state index in [1.807, 2.05) is 44.2 Å². The fourth-order valence-corrected chi connectivity index (χ4v) is 5.93. The number of halogens is 1. The number of ether oxygens (including phenoxy) is 1. The van der Waals surface area contributed by atoms with E-state index in [2.05, 4.69) is 31.0 Å². The zero-order chi connectivity index (χ0) is 27.3. The van der Waals surface area contributed by atoms with E-state index in [9.17, 15) is 13.2 Å². The van der Waals surface area contributed by atoms with E-state index in [1.165, 1.54) is 19.2 Å². The summed E-state index contributed by atoms with van der Waals surface area (Å²) in [6, 6.07) is 24.3. The monoisotopic (exact) mass is 594 g/mol. The third-order valence-corrected chi connectivity index (χ3v) is 8.39. The third kappa shape index (κ3) is 5.81. The number of rotatable bonds is 9. The van der Waals surface area contributed by atoms with E-state index >= 15 is 0 Å². The molecule has 10 heteroatoms. The summed E-state index contributed by atoms with van der Waals surface area (Å²) in [5.74, 6) is -0.0527. The lowest BCUT2D eigenvalue weighted by molar-refractivity contribution is -0.119. The molecule has 3 aromatic carbocycles. The number of carbonyl (C=O) groups is 1. The molecule has 4 aromatic rings. The normalized spacial score (nSPS) is 11.5. The van der Waals surface area contributed by atoms with Gasteiger partial charge < -0.3 is 9.30 Å². The van der Waals surface area contributed by atoms with Crippen LogP contribution in [0.1, 0.15) is 17.0 Å². The largest absolute Gasteiger partial charge is 0.497 e. The van der Waals surface area contributed by atoms with Crippen molar-refractivity contribution in [3.05, 3.63) is 106 Å². The molecule has 38 heavy (non-hydrogen) atoms. The van der Waals surface area contributed by atoms with Gasteiger partial charge in [-0.3, -0.25) is 9.10 Å². The number of hydrogen-bond acceptors (Lipinski definition) is 5. The summed E-state index contributed by atoms with van der Waals surface area (Å²) in [6.07, 6.45) is 1.55. The quantitative estimate of drug-likeness (QED) is 0.213. The number of amides is 1. The van der Waals surface area contributed by atoms with Gasteiger partial charge in [-0.05, 0) is 84.4 Å². The Balaban J connectivity index is 1.54. The standard InChI is InChI=1S/C28H27BrN4O4S/c1-20-17-22(21(2)33(20)27-12-8-7-11-26(27)29)18-30-31-28(34)19-32(23-9-5-4-6-10-23)38(35,36)25-15-13-24(37-3)14-16-25/h4-18H,19H2,1-3H3,(H,31,34)/b30-18-. The number of carbonyl (C=O) groups excluding carboxylic acids is 1. The molecule has 0 saturated heterocycles. The molecule has 1 heterocycles. The van der Waals surface area contributed by atoms with Gasteiger partial charge in [-0.15, -0.1) is 0 Å². The molecule has 0 aliphatic heterocycles. The van der Waals surface area contributed by atoms with E-state index < -0.39 is 22.5 Å².